The summed E-state index contributed by atoms with van der Waals surface area (Å²) in [6.45, 7) is 6.60. The van der Waals surface area contributed by atoms with Gasteiger partial charge in [-0.3, -0.25) is 14.5 Å². The Hall–Kier alpha value is -3.06. The molecule has 1 saturated heterocycles. The number of nitrogens with zero attached hydrogens (tertiary/aromatic N) is 1. The summed E-state index contributed by atoms with van der Waals surface area (Å²) >= 11 is 6.11. The number of rotatable bonds is 9. The third kappa shape index (κ3) is 6.48. The van der Waals surface area contributed by atoms with Crippen molar-refractivity contribution < 1.29 is 19.1 Å². The van der Waals surface area contributed by atoms with Crippen molar-refractivity contribution >= 4 is 35.2 Å². The number of carbonyl (C=O) groups is 3. The highest BCUT2D eigenvalue weighted by atomic mass is 35.5. The minimum absolute atomic E-state index is 0.0909. The summed E-state index contributed by atoms with van der Waals surface area (Å²) < 4.78 is 5.69. The molecule has 8 heteroatoms. The van der Waals surface area contributed by atoms with Gasteiger partial charge in [0.2, 0.25) is 11.8 Å². The van der Waals surface area contributed by atoms with Crippen LogP contribution in [0.5, 0.6) is 0 Å². The first kappa shape index (κ1) is 24.6. The highest BCUT2D eigenvalue weighted by Crippen LogP contribution is 2.35. The Morgan fingerprint density at radius 3 is 2.61 bits per heavy atom. The smallest absolute Gasteiger partial charge is 0.411 e. The van der Waals surface area contributed by atoms with Gasteiger partial charge < -0.3 is 15.4 Å². The van der Waals surface area contributed by atoms with Gasteiger partial charge in [-0.05, 0) is 47.7 Å². The fourth-order valence-electron chi connectivity index (χ4n) is 3.70. The van der Waals surface area contributed by atoms with E-state index in [1.165, 1.54) is 4.90 Å². The van der Waals surface area contributed by atoms with Crippen LogP contribution in [0.3, 0.4) is 0 Å². The summed E-state index contributed by atoms with van der Waals surface area (Å²) in [6.07, 6.45) is -0.240. The van der Waals surface area contributed by atoms with Gasteiger partial charge in [0.1, 0.15) is 0 Å². The topological polar surface area (TPSA) is 87.7 Å². The molecule has 1 aliphatic heterocycles. The second-order valence-electron chi connectivity index (χ2n) is 8.57. The molecule has 0 aliphatic carbocycles. The number of halogens is 1. The van der Waals surface area contributed by atoms with Crippen LogP contribution in [-0.2, 0) is 20.9 Å². The number of hydrogen-bond acceptors (Lipinski definition) is 4. The molecule has 3 amide bonds. The van der Waals surface area contributed by atoms with E-state index in [1.54, 1.807) is 42.5 Å². The lowest BCUT2D eigenvalue weighted by Crippen LogP contribution is -2.47. The molecule has 3 rings (SSSR count). The molecule has 7 nitrogen and oxygen atoms in total. The summed E-state index contributed by atoms with van der Waals surface area (Å²) in [7, 11) is 0. The molecule has 0 saturated carbocycles. The predicted octanol–water partition coefficient (Wildman–Crippen LogP) is 4.91. The maximum absolute atomic E-state index is 13.2. The molecule has 2 atom stereocenters. The lowest BCUT2D eigenvalue weighted by Gasteiger charge is -2.25. The molecule has 2 aromatic rings. The molecule has 1 fully saturated rings. The molecule has 1 aliphatic rings. The molecule has 2 unspecified atom stereocenters. The van der Waals surface area contributed by atoms with Gasteiger partial charge in [-0.2, -0.15) is 0 Å². The molecule has 33 heavy (non-hydrogen) atoms. The molecular formula is C25H30ClN3O4. The predicted molar refractivity (Wildman–Crippen MR) is 128 cm³/mol. The van der Waals surface area contributed by atoms with Crippen LogP contribution in [0.25, 0.3) is 0 Å². The summed E-state index contributed by atoms with van der Waals surface area (Å²) in [4.78, 5) is 39.5. The zero-order chi connectivity index (χ0) is 24.0. The molecule has 1 heterocycles. The molecule has 2 N–H and O–H groups in total. The Bertz CT molecular complexity index is 1010. The number of carbonyl (C=O) groups excluding carboxylic acids is 3. The van der Waals surface area contributed by atoms with Gasteiger partial charge >= 0.3 is 6.09 Å². The minimum atomic E-state index is -0.864. The first-order chi connectivity index (χ1) is 15.8. The van der Waals surface area contributed by atoms with E-state index in [4.69, 9.17) is 16.3 Å². The Balaban J connectivity index is 1.90. The second kappa shape index (κ2) is 11.2. The Labute approximate surface area is 199 Å². The van der Waals surface area contributed by atoms with E-state index in [-0.39, 0.29) is 24.3 Å². The summed E-state index contributed by atoms with van der Waals surface area (Å²) in [5.41, 5.74) is 2.02. The van der Waals surface area contributed by atoms with E-state index in [1.807, 2.05) is 26.8 Å². The van der Waals surface area contributed by atoms with Crippen LogP contribution in [0.4, 0.5) is 10.5 Å². The lowest BCUT2D eigenvalue weighted by atomic mass is 9.99. The van der Waals surface area contributed by atoms with E-state index in [9.17, 15) is 14.4 Å². The fourth-order valence-corrected chi connectivity index (χ4v) is 3.91. The van der Waals surface area contributed by atoms with E-state index in [2.05, 4.69) is 10.6 Å². The Kier molecular flexibility index (Phi) is 8.33. The van der Waals surface area contributed by atoms with Gasteiger partial charge in [0, 0.05) is 23.7 Å². The normalized spacial score (nSPS) is 17.7. The van der Waals surface area contributed by atoms with Gasteiger partial charge in [-0.25, -0.2) is 4.79 Å². The lowest BCUT2D eigenvalue weighted by molar-refractivity contribution is -0.126. The third-order valence-corrected chi connectivity index (χ3v) is 5.49. The van der Waals surface area contributed by atoms with Gasteiger partial charge in [0.05, 0.1) is 6.54 Å². The first-order valence-electron chi connectivity index (χ1n) is 11.2. The number of hydrogen-bond donors (Lipinski definition) is 2. The fraction of sp³-hybridized carbons (Fsp3) is 0.400. The Morgan fingerprint density at radius 1 is 1.15 bits per heavy atom. The zero-order valence-corrected chi connectivity index (χ0v) is 19.9. The minimum Gasteiger partial charge on any atom is -0.438 e. The van der Waals surface area contributed by atoms with Crippen molar-refractivity contribution in [3.63, 3.8) is 0 Å². The SMILES string of the molecule is CCCC(=O)Nc1cccc(C2OC(=O)N(Cc3cccc(Cl)c3)C2C(=O)NCC(C)C)c1. The molecule has 2 aromatic carbocycles. The monoisotopic (exact) mass is 471 g/mol. The van der Waals surface area contributed by atoms with Crippen molar-refractivity contribution in [3.8, 4) is 0 Å². The highest BCUT2D eigenvalue weighted by molar-refractivity contribution is 6.30. The van der Waals surface area contributed by atoms with Gasteiger partial charge in [0.15, 0.2) is 12.1 Å². The van der Waals surface area contributed by atoms with Crippen molar-refractivity contribution in [3.05, 3.63) is 64.7 Å². The zero-order valence-electron chi connectivity index (χ0n) is 19.1. The van der Waals surface area contributed by atoms with Crippen molar-refractivity contribution in [1.82, 2.24) is 10.2 Å². The molecule has 0 radical (unpaired) electrons. The van der Waals surface area contributed by atoms with E-state index < -0.39 is 18.2 Å². The maximum Gasteiger partial charge on any atom is 0.411 e. The number of benzene rings is 2. The molecule has 0 aromatic heterocycles. The number of amides is 3. The average molecular weight is 472 g/mol. The van der Waals surface area contributed by atoms with Crippen LogP contribution < -0.4 is 10.6 Å². The standard InChI is InChI=1S/C25H30ClN3O4/c1-4-7-21(30)28-20-11-6-9-18(13-20)23-22(24(31)27-14-16(2)3)29(25(32)33-23)15-17-8-5-10-19(26)12-17/h5-6,8-13,16,22-23H,4,7,14-15H2,1-3H3,(H,27,31)(H,28,30). The number of anilines is 1. The van der Waals surface area contributed by atoms with Crippen molar-refractivity contribution in [2.24, 2.45) is 5.92 Å². The van der Waals surface area contributed by atoms with Crippen LogP contribution in [0.15, 0.2) is 48.5 Å². The first-order valence-corrected chi connectivity index (χ1v) is 11.6. The molecule has 176 valence electrons. The third-order valence-electron chi connectivity index (χ3n) is 5.26. The maximum atomic E-state index is 13.2. The average Bonchev–Trinajstić information content (AvgIpc) is 3.08. The van der Waals surface area contributed by atoms with Crippen molar-refractivity contribution in [1.29, 1.82) is 0 Å². The Morgan fingerprint density at radius 2 is 1.91 bits per heavy atom. The molecule has 0 spiro atoms. The van der Waals surface area contributed by atoms with E-state index >= 15 is 0 Å². The number of nitrogens with one attached hydrogen (secondary N) is 2. The highest BCUT2D eigenvalue weighted by Gasteiger charge is 2.47. The number of ether oxygens (including phenoxy) is 1. The quantitative estimate of drug-likeness (QED) is 0.543. The van der Waals surface area contributed by atoms with Gasteiger partial charge in [-0.1, -0.05) is 56.6 Å². The van der Waals surface area contributed by atoms with Crippen LogP contribution in [-0.4, -0.2) is 35.4 Å². The largest absolute Gasteiger partial charge is 0.438 e. The van der Waals surface area contributed by atoms with Crippen LogP contribution in [0, 0.1) is 5.92 Å². The second-order valence-corrected chi connectivity index (χ2v) is 9.01. The van der Waals surface area contributed by atoms with Crippen LogP contribution in [0.1, 0.15) is 50.8 Å². The number of cyclic esters (lactones) is 1. The molecular weight excluding hydrogens is 442 g/mol. The van der Waals surface area contributed by atoms with Crippen molar-refractivity contribution in [2.45, 2.75) is 52.3 Å². The van der Waals surface area contributed by atoms with E-state index in [0.717, 1.165) is 12.0 Å². The van der Waals surface area contributed by atoms with Gasteiger partial charge in [-0.15, -0.1) is 0 Å². The summed E-state index contributed by atoms with van der Waals surface area (Å²) in [5.74, 6) is -0.127. The summed E-state index contributed by atoms with van der Waals surface area (Å²) in [5, 5.41) is 6.33. The van der Waals surface area contributed by atoms with E-state index in [0.29, 0.717) is 29.2 Å². The van der Waals surface area contributed by atoms with Crippen LogP contribution in [0.2, 0.25) is 5.02 Å². The van der Waals surface area contributed by atoms with Gasteiger partial charge in [0.25, 0.3) is 0 Å². The van der Waals surface area contributed by atoms with Crippen LogP contribution >= 0.6 is 11.6 Å². The van der Waals surface area contributed by atoms with Crippen molar-refractivity contribution in [2.75, 3.05) is 11.9 Å². The summed E-state index contributed by atoms with van der Waals surface area (Å²) in [6, 6.07) is 13.4. The molecule has 0 bridgehead atoms.